The van der Waals surface area contributed by atoms with Crippen LogP contribution in [0.25, 0.3) is 0 Å². The molecule has 2 aromatic rings. The molecule has 2 heteroatoms. The third-order valence-electron chi connectivity index (χ3n) is 4.81. The lowest BCUT2D eigenvalue weighted by atomic mass is 9.76. The first-order valence-corrected chi connectivity index (χ1v) is 7.52. The van der Waals surface area contributed by atoms with Crippen LogP contribution in [0.15, 0.2) is 54.6 Å². The molecule has 0 radical (unpaired) electrons. The van der Waals surface area contributed by atoms with Gasteiger partial charge in [-0.15, -0.1) is 0 Å². The standard InChI is InChI=1S/C19H18FN/c1-12-5-2-9-16-15-8-4-10-17(15)19(21-18(12)16)13-6-3-7-14(20)11-13/h2-9,11,15,17,19,21H,10H2,1H3/t15-,17+,19-/m1/s1. The number of hydrogen-bond acceptors (Lipinski definition) is 1. The number of para-hydroxylation sites is 1. The predicted octanol–water partition coefficient (Wildman–Crippen LogP) is 4.96. The summed E-state index contributed by atoms with van der Waals surface area (Å²) in [6.45, 7) is 2.13. The average Bonchev–Trinajstić information content (AvgIpc) is 2.96. The number of benzene rings is 2. The number of aryl methyl sites for hydroxylation is 1. The van der Waals surface area contributed by atoms with Gasteiger partial charge in [0.05, 0.1) is 6.04 Å². The van der Waals surface area contributed by atoms with E-state index in [9.17, 15) is 4.39 Å². The fourth-order valence-electron chi connectivity index (χ4n) is 3.81. The summed E-state index contributed by atoms with van der Waals surface area (Å²) >= 11 is 0. The summed E-state index contributed by atoms with van der Waals surface area (Å²) in [4.78, 5) is 0. The minimum Gasteiger partial charge on any atom is -0.377 e. The van der Waals surface area contributed by atoms with Gasteiger partial charge in [-0.3, -0.25) is 0 Å². The molecule has 0 bridgehead atoms. The van der Waals surface area contributed by atoms with Crippen molar-refractivity contribution in [2.45, 2.75) is 25.3 Å². The summed E-state index contributed by atoms with van der Waals surface area (Å²) in [7, 11) is 0. The molecular weight excluding hydrogens is 261 g/mol. The zero-order valence-electron chi connectivity index (χ0n) is 12.0. The average molecular weight is 279 g/mol. The summed E-state index contributed by atoms with van der Waals surface area (Å²) in [6, 6.07) is 13.6. The van der Waals surface area contributed by atoms with Crippen LogP contribution in [0, 0.1) is 18.7 Å². The summed E-state index contributed by atoms with van der Waals surface area (Å²) in [5, 5.41) is 3.67. The predicted molar refractivity (Wildman–Crippen MR) is 83.9 cm³/mol. The molecular formula is C19H18FN. The van der Waals surface area contributed by atoms with Gasteiger partial charge in [0.1, 0.15) is 5.82 Å². The number of halogens is 1. The Hall–Kier alpha value is -2.09. The second-order valence-electron chi connectivity index (χ2n) is 6.07. The fourth-order valence-corrected chi connectivity index (χ4v) is 3.81. The molecule has 21 heavy (non-hydrogen) atoms. The van der Waals surface area contributed by atoms with Crippen LogP contribution in [-0.2, 0) is 0 Å². The second-order valence-corrected chi connectivity index (χ2v) is 6.07. The van der Waals surface area contributed by atoms with Crippen LogP contribution in [0.1, 0.15) is 35.1 Å². The zero-order chi connectivity index (χ0) is 14.4. The van der Waals surface area contributed by atoms with Gasteiger partial charge in [-0.1, -0.05) is 42.5 Å². The molecule has 1 nitrogen and oxygen atoms in total. The first-order valence-electron chi connectivity index (χ1n) is 7.52. The van der Waals surface area contributed by atoms with E-state index in [2.05, 4.69) is 42.6 Å². The molecule has 2 aliphatic rings. The maximum atomic E-state index is 13.6. The van der Waals surface area contributed by atoms with Gasteiger partial charge in [0, 0.05) is 11.6 Å². The first kappa shape index (κ1) is 12.6. The van der Waals surface area contributed by atoms with Crippen molar-refractivity contribution in [2.24, 2.45) is 5.92 Å². The summed E-state index contributed by atoms with van der Waals surface area (Å²) in [5.74, 6) is 0.753. The van der Waals surface area contributed by atoms with Gasteiger partial charge in [0.25, 0.3) is 0 Å². The smallest absolute Gasteiger partial charge is 0.123 e. The molecule has 0 saturated carbocycles. The quantitative estimate of drug-likeness (QED) is 0.727. The molecule has 0 saturated heterocycles. The van der Waals surface area contributed by atoms with Crippen molar-refractivity contribution in [2.75, 3.05) is 5.32 Å². The lowest BCUT2D eigenvalue weighted by Crippen LogP contribution is -2.29. The maximum Gasteiger partial charge on any atom is 0.123 e. The molecule has 0 amide bonds. The van der Waals surface area contributed by atoms with Crippen LogP contribution < -0.4 is 5.32 Å². The Labute approximate surface area is 124 Å². The first-order chi connectivity index (χ1) is 10.2. The van der Waals surface area contributed by atoms with E-state index in [1.54, 1.807) is 12.1 Å². The third-order valence-corrected chi connectivity index (χ3v) is 4.81. The minimum absolute atomic E-state index is 0.160. The number of nitrogens with one attached hydrogen (secondary N) is 1. The topological polar surface area (TPSA) is 12.0 Å². The molecule has 3 atom stereocenters. The van der Waals surface area contributed by atoms with Gasteiger partial charge in [-0.05, 0) is 48.1 Å². The highest BCUT2D eigenvalue weighted by atomic mass is 19.1. The highest BCUT2D eigenvalue weighted by Crippen LogP contribution is 2.50. The van der Waals surface area contributed by atoms with Crippen LogP contribution >= 0.6 is 0 Å². The van der Waals surface area contributed by atoms with Crippen LogP contribution in [-0.4, -0.2) is 0 Å². The molecule has 4 rings (SSSR count). The molecule has 1 aliphatic carbocycles. The number of rotatable bonds is 1. The Bertz CT molecular complexity index is 719. The SMILES string of the molecule is Cc1cccc2c1N[C@H](c1cccc(F)c1)[C@H]1CC=C[C@H]21. The Morgan fingerprint density at radius 1 is 1.14 bits per heavy atom. The van der Waals surface area contributed by atoms with Gasteiger partial charge >= 0.3 is 0 Å². The van der Waals surface area contributed by atoms with Crippen LogP contribution in [0.3, 0.4) is 0 Å². The van der Waals surface area contributed by atoms with E-state index in [0.717, 1.165) is 12.0 Å². The molecule has 0 aromatic heterocycles. The van der Waals surface area contributed by atoms with E-state index in [-0.39, 0.29) is 11.9 Å². The van der Waals surface area contributed by atoms with Gasteiger partial charge in [-0.25, -0.2) is 4.39 Å². The minimum atomic E-state index is -0.160. The Kier molecular flexibility index (Phi) is 2.85. The molecule has 1 N–H and O–H groups in total. The lowest BCUT2D eigenvalue weighted by Gasteiger charge is -2.38. The molecule has 2 aromatic carbocycles. The van der Waals surface area contributed by atoms with Crippen molar-refractivity contribution < 1.29 is 4.39 Å². The van der Waals surface area contributed by atoms with Crippen molar-refractivity contribution in [3.8, 4) is 0 Å². The van der Waals surface area contributed by atoms with E-state index >= 15 is 0 Å². The van der Waals surface area contributed by atoms with E-state index in [1.165, 1.54) is 22.9 Å². The Morgan fingerprint density at radius 3 is 2.86 bits per heavy atom. The van der Waals surface area contributed by atoms with Gasteiger partial charge in [0.2, 0.25) is 0 Å². The van der Waals surface area contributed by atoms with Crippen LogP contribution in [0.2, 0.25) is 0 Å². The number of anilines is 1. The molecule has 0 spiro atoms. The third kappa shape index (κ3) is 1.98. The normalized spacial score (nSPS) is 26.1. The number of hydrogen-bond donors (Lipinski definition) is 1. The highest BCUT2D eigenvalue weighted by molar-refractivity contribution is 5.63. The summed E-state index contributed by atoms with van der Waals surface area (Å²) in [6.07, 6.45) is 5.63. The second kappa shape index (κ2) is 4.73. The van der Waals surface area contributed by atoms with E-state index in [0.29, 0.717) is 11.8 Å². The van der Waals surface area contributed by atoms with E-state index in [4.69, 9.17) is 0 Å². The molecule has 0 unspecified atom stereocenters. The van der Waals surface area contributed by atoms with E-state index in [1.807, 2.05) is 6.07 Å². The summed E-state index contributed by atoms with van der Waals surface area (Å²) in [5.41, 5.74) is 4.90. The van der Waals surface area contributed by atoms with Crippen molar-refractivity contribution in [3.05, 3.63) is 77.1 Å². The molecule has 1 aliphatic heterocycles. The zero-order valence-corrected chi connectivity index (χ0v) is 12.0. The van der Waals surface area contributed by atoms with Gasteiger partial charge < -0.3 is 5.32 Å². The van der Waals surface area contributed by atoms with Crippen molar-refractivity contribution in [3.63, 3.8) is 0 Å². The lowest BCUT2D eigenvalue weighted by molar-refractivity contribution is 0.424. The Balaban J connectivity index is 1.83. The van der Waals surface area contributed by atoms with E-state index < -0.39 is 0 Å². The fraction of sp³-hybridized carbons (Fsp3) is 0.263. The maximum absolute atomic E-state index is 13.6. The van der Waals surface area contributed by atoms with Gasteiger partial charge in [0.15, 0.2) is 0 Å². The summed E-state index contributed by atoms with van der Waals surface area (Å²) < 4.78 is 13.6. The van der Waals surface area contributed by atoms with Crippen molar-refractivity contribution >= 4 is 5.69 Å². The van der Waals surface area contributed by atoms with Crippen LogP contribution in [0.5, 0.6) is 0 Å². The molecule has 0 fully saturated rings. The largest absolute Gasteiger partial charge is 0.377 e. The van der Waals surface area contributed by atoms with Crippen molar-refractivity contribution in [1.82, 2.24) is 0 Å². The molecule has 1 heterocycles. The van der Waals surface area contributed by atoms with Gasteiger partial charge in [-0.2, -0.15) is 0 Å². The van der Waals surface area contributed by atoms with Crippen LogP contribution in [0.4, 0.5) is 10.1 Å². The number of allylic oxidation sites excluding steroid dienone is 2. The molecule has 106 valence electrons. The number of fused-ring (bicyclic) bond motifs is 3. The highest BCUT2D eigenvalue weighted by Gasteiger charge is 2.38. The van der Waals surface area contributed by atoms with Crippen molar-refractivity contribution in [1.29, 1.82) is 0 Å². The monoisotopic (exact) mass is 279 g/mol. The Morgan fingerprint density at radius 2 is 2.00 bits per heavy atom.